The lowest BCUT2D eigenvalue weighted by Gasteiger charge is -2.36. The highest BCUT2D eigenvalue weighted by molar-refractivity contribution is 6.17. The number of Topliss-reactive ketones (excluding diaryl/α,β-unsaturated/α-hetero) is 1. The predicted molar refractivity (Wildman–Crippen MR) is 167 cm³/mol. The molecule has 3 aromatic heterocycles. The van der Waals surface area contributed by atoms with Crippen LogP contribution in [0.15, 0.2) is 53.6 Å². The molecular weight excluding hydrogens is 550 g/mol. The molecule has 1 aliphatic carbocycles. The summed E-state index contributed by atoms with van der Waals surface area (Å²) in [5, 5.41) is 3.94. The van der Waals surface area contributed by atoms with E-state index in [-0.39, 0.29) is 22.9 Å². The molecule has 4 heterocycles. The fourth-order valence-corrected chi connectivity index (χ4v) is 6.40. The highest BCUT2D eigenvalue weighted by Crippen LogP contribution is 2.32. The Hall–Kier alpha value is -3.82. The molecule has 9 nitrogen and oxygen atoms in total. The van der Waals surface area contributed by atoms with Crippen LogP contribution < -0.4 is 15.8 Å². The first kappa shape index (κ1) is 28.3. The number of fused-ring (bicyclic) bond motifs is 1. The molecular formula is C32H36ClN7O2. The van der Waals surface area contributed by atoms with Crippen LogP contribution in [0, 0.1) is 6.92 Å². The second-order valence-corrected chi connectivity index (χ2v) is 11.6. The molecule has 0 amide bonds. The van der Waals surface area contributed by atoms with E-state index < -0.39 is 0 Å². The summed E-state index contributed by atoms with van der Waals surface area (Å²) in [5.74, 6) is 1.32. The quantitative estimate of drug-likeness (QED) is 0.210. The van der Waals surface area contributed by atoms with Crippen LogP contribution in [0.5, 0.6) is 0 Å². The molecule has 42 heavy (non-hydrogen) atoms. The Morgan fingerprint density at radius 2 is 1.69 bits per heavy atom. The van der Waals surface area contributed by atoms with Gasteiger partial charge in [0.15, 0.2) is 5.78 Å². The number of ketones is 1. The van der Waals surface area contributed by atoms with Gasteiger partial charge in [-0.2, -0.15) is 4.98 Å². The molecule has 1 aromatic carbocycles. The maximum atomic E-state index is 13.5. The minimum atomic E-state index is -0.254. The Bertz CT molecular complexity index is 1640. The van der Waals surface area contributed by atoms with Gasteiger partial charge in [-0.3, -0.25) is 19.1 Å². The third-order valence-electron chi connectivity index (χ3n) is 8.56. The van der Waals surface area contributed by atoms with Crippen LogP contribution in [0.4, 0.5) is 17.5 Å². The standard InChI is InChI=1S/C32H36ClN7O2/c1-21-27-19-35-32(37-30(27)40(25-5-3-4-6-25)31(42)29(21)22(2)41)36-28-12-11-26(18-34-28)39-15-13-38(14-16-39)20-24-9-7-23(17-33)8-10-24/h7-12,18-19,25H,3-6,13-17,20H2,1-2H3,(H,34,35,36,37). The largest absolute Gasteiger partial charge is 0.368 e. The fourth-order valence-electron chi connectivity index (χ4n) is 6.23. The van der Waals surface area contributed by atoms with E-state index in [1.165, 1.54) is 12.5 Å². The lowest BCUT2D eigenvalue weighted by molar-refractivity contribution is 0.101. The fraction of sp³-hybridized carbons (Fsp3) is 0.406. The summed E-state index contributed by atoms with van der Waals surface area (Å²) in [6.07, 6.45) is 7.51. The average Bonchev–Trinajstić information content (AvgIpc) is 3.53. The van der Waals surface area contributed by atoms with Gasteiger partial charge in [0, 0.05) is 56.2 Å². The lowest BCUT2D eigenvalue weighted by Crippen LogP contribution is -2.46. The molecule has 1 N–H and O–H groups in total. The van der Waals surface area contributed by atoms with E-state index >= 15 is 0 Å². The van der Waals surface area contributed by atoms with E-state index in [0.29, 0.717) is 28.9 Å². The van der Waals surface area contributed by atoms with E-state index in [4.69, 9.17) is 16.6 Å². The number of rotatable bonds is 8. The second-order valence-electron chi connectivity index (χ2n) is 11.3. The van der Waals surface area contributed by atoms with Crippen LogP contribution in [0.3, 0.4) is 0 Å². The highest BCUT2D eigenvalue weighted by Gasteiger charge is 2.26. The second kappa shape index (κ2) is 12.2. The Labute approximate surface area is 250 Å². The number of pyridine rings is 2. The van der Waals surface area contributed by atoms with Crippen molar-refractivity contribution in [3.05, 3.63) is 81.4 Å². The van der Waals surface area contributed by atoms with Gasteiger partial charge in [0.25, 0.3) is 5.56 Å². The zero-order chi connectivity index (χ0) is 29.2. The SMILES string of the molecule is CC(=O)c1c(C)c2cnc(Nc3ccc(N4CCN(Cc5ccc(CCl)cc5)CC4)cn3)nc2n(C2CCCC2)c1=O. The van der Waals surface area contributed by atoms with Gasteiger partial charge in [0.1, 0.15) is 11.5 Å². The van der Waals surface area contributed by atoms with Crippen molar-refractivity contribution in [2.24, 2.45) is 0 Å². The Kier molecular flexibility index (Phi) is 8.22. The van der Waals surface area contributed by atoms with Crippen LogP contribution >= 0.6 is 11.6 Å². The van der Waals surface area contributed by atoms with Crippen LogP contribution in [-0.2, 0) is 12.4 Å². The summed E-state index contributed by atoms with van der Waals surface area (Å²) in [5.41, 5.74) is 4.71. The molecule has 1 aliphatic heterocycles. The molecule has 218 valence electrons. The summed E-state index contributed by atoms with van der Waals surface area (Å²) in [6.45, 7) is 8.02. The van der Waals surface area contributed by atoms with E-state index in [1.54, 1.807) is 17.7 Å². The number of anilines is 3. The molecule has 0 spiro atoms. The van der Waals surface area contributed by atoms with Crippen LogP contribution in [0.25, 0.3) is 11.0 Å². The molecule has 0 unspecified atom stereocenters. The number of carbonyl (C=O) groups excluding carboxylic acids is 1. The number of hydrogen-bond donors (Lipinski definition) is 1. The minimum absolute atomic E-state index is 0.0377. The predicted octanol–water partition coefficient (Wildman–Crippen LogP) is 5.62. The summed E-state index contributed by atoms with van der Waals surface area (Å²) >= 11 is 5.92. The first-order valence-electron chi connectivity index (χ1n) is 14.7. The number of aryl methyl sites for hydroxylation is 1. The zero-order valence-corrected chi connectivity index (χ0v) is 24.9. The van der Waals surface area contributed by atoms with Gasteiger partial charge in [-0.15, -0.1) is 11.6 Å². The van der Waals surface area contributed by atoms with Gasteiger partial charge in [-0.25, -0.2) is 9.97 Å². The van der Waals surface area contributed by atoms with E-state index in [0.717, 1.165) is 75.0 Å². The Balaban J connectivity index is 1.15. The summed E-state index contributed by atoms with van der Waals surface area (Å²) in [4.78, 5) is 44.6. The number of piperazine rings is 1. The maximum absolute atomic E-state index is 13.5. The number of nitrogens with zero attached hydrogens (tertiary/aromatic N) is 6. The molecule has 10 heteroatoms. The summed E-state index contributed by atoms with van der Waals surface area (Å²) in [7, 11) is 0. The highest BCUT2D eigenvalue weighted by atomic mass is 35.5. The zero-order valence-electron chi connectivity index (χ0n) is 24.1. The molecule has 0 atom stereocenters. The van der Waals surface area contributed by atoms with E-state index in [9.17, 15) is 9.59 Å². The van der Waals surface area contributed by atoms with Crippen molar-refractivity contribution < 1.29 is 4.79 Å². The number of nitrogens with one attached hydrogen (secondary N) is 1. The van der Waals surface area contributed by atoms with Gasteiger partial charge < -0.3 is 10.2 Å². The molecule has 0 bridgehead atoms. The maximum Gasteiger partial charge on any atom is 0.263 e. The van der Waals surface area contributed by atoms with Gasteiger partial charge in [0.2, 0.25) is 5.95 Å². The van der Waals surface area contributed by atoms with Crippen molar-refractivity contribution in [3.63, 3.8) is 0 Å². The molecule has 1 saturated heterocycles. The van der Waals surface area contributed by atoms with Crippen LogP contribution in [0.2, 0.25) is 0 Å². The number of hydrogen-bond acceptors (Lipinski definition) is 8. The first-order valence-corrected chi connectivity index (χ1v) is 15.2. The van der Waals surface area contributed by atoms with Gasteiger partial charge in [-0.05, 0) is 55.5 Å². The van der Waals surface area contributed by atoms with Crippen molar-refractivity contribution in [3.8, 4) is 0 Å². The minimum Gasteiger partial charge on any atom is -0.368 e. The van der Waals surface area contributed by atoms with Crippen LogP contribution in [-0.4, -0.2) is 56.4 Å². The monoisotopic (exact) mass is 585 g/mol. The van der Waals surface area contributed by atoms with Crippen molar-refractivity contribution in [1.82, 2.24) is 24.4 Å². The van der Waals surface area contributed by atoms with Gasteiger partial charge in [-0.1, -0.05) is 37.1 Å². The number of carbonyl (C=O) groups is 1. The van der Waals surface area contributed by atoms with Crippen molar-refractivity contribution >= 4 is 45.9 Å². The number of halogens is 1. The summed E-state index contributed by atoms with van der Waals surface area (Å²) < 4.78 is 1.73. The third-order valence-corrected chi connectivity index (χ3v) is 8.87. The molecule has 6 rings (SSSR count). The first-order chi connectivity index (χ1) is 20.4. The van der Waals surface area contributed by atoms with Crippen molar-refractivity contribution in [2.45, 2.75) is 58.0 Å². The van der Waals surface area contributed by atoms with Gasteiger partial charge in [0.05, 0.1) is 17.4 Å². The molecule has 4 aromatic rings. The van der Waals surface area contributed by atoms with Gasteiger partial charge >= 0.3 is 0 Å². The topological polar surface area (TPSA) is 96.2 Å². The number of aromatic nitrogens is 4. The Morgan fingerprint density at radius 3 is 2.33 bits per heavy atom. The normalized spacial score (nSPS) is 16.3. The van der Waals surface area contributed by atoms with Crippen LogP contribution in [0.1, 0.15) is 65.7 Å². The average molecular weight is 586 g/mol. The molecule has 2 fully saturated rings. The Morgan fingerprint density at radius 1 is 0.976 bits per heavy atom. The van der Waals surface area contributed by atoms with E-state index in [1.807, 2.05) is 12.3 Å². The van der Waals surface area contributed by atoms with Crippen molar-refractivity contribution in [1.29, 1.82) is 0 Å². The number of benzene rings is 1. The third kappa shape index (κ3) is 5.76. The van der Waals surface area contributed by atoms with E-state index in [2.05, 4.69) is 55.4 Å². The van der Waals surface area contributed by atoms with Crippen molar-refractivity contribution in [2.75, 3.05) is 36.4 Å². The molecule has 0 radical (unpaired) electrons. The molecule has 2 aliphatic rings. The lowest BCUT2D eigenvalue weighted by atomic mass is 10.0. The summed E-state index contributed by atoms with van der Waals surface area (Å²) in [6, 6.07) is 12.6. The number of alkyl halides is 1. The smallest absolute Gasteiger partial charge is 0.263 e. The molecule has 1 saturated carbocycles.